The Balaban J connectivity index is 1.64. The number of rotatable bonds is 10. The molecule has 0 saturated carbocycles. The zero-order valence-corrected chi connectivity index (χ0v) is 23.8. The number of benzene rings is 2. The lowest BCUT2D eigenvalue weighted by molar-refractivity contribution is -0.123. The van der Waals surface area contributed by atoms with Crippen LogP contribution in [0.5, 0.6) is 11.5 Å². The van der Waals surface area contributed by atoms with Gasteiger partial charge in [0.05, 0.1) is 23.7 Å². The molecule has 1 unspecified atom stereocenters. The number of pyridine rings is 1. The highest BCUT2D eigenvalue weighted by Gasteiger charge is 2.19. The Morgan fingerprint density at radius 1 is 0.975 bits per heavy atom. The largest absolute Gasteiger partial charge is 0.456 e. The zero-order chi connectivity index (χ0) is 28.8. The maximum absolute atomic E-state index is 13.6. The van der Waals surface area contributed by atoms with Crippen molar-refractivity contribution in [2.24, 2.45) is 5.92 Å². The number of amides is 1. The van der Waals surface area contributed by atoms with Crippen molar-refractivity contribution in [3.8, 4) is 11.5 Å². The van der Waals surface area contributed by atoms with E-state index < -0.39 is 34.1 Å². The van der Waals surface area contributed by atoms with E-state index in [0.29, 0.717) is 27.2 Å². The number of aromatic nitrogens is 3. The van der Waals surface area contributed by atoms with Crippen molar-refractivity contribution < 1.29 is 13.7 Å². The maximum atomic E-state index is 13.6. The molecule has 2 heterocycles. The first-order chi connectivity index (χ1) is 19.1. The van der Waals surface area contributed by atoms with Gasteiger partial charge in [-0.3, -0.25) is 28.4 Å². The topological polar surface area (TPSA) is 124 Å². The van der Waals surface area contributed by atoms with E-state index in [4.69, 9.17) is 27.9 Å². The number of nitrogens with zero attached hydrogens (tertiary/aromatic N) is 3. The highest BCUT2D eigenvalue weighted by Crippen LogP contribution is 2.25. The highest BCUT2D eigenvalue weighted by atomic mass is 35.5. The van der Waals surface area contributed by atoms with Crippen LogP contribution in [-0.2, 0) is 28.9 Å². The molecular weight excluding hydrogens is 577 g/mol. The van der Waals surface area contributed by atoms with Crippen LogP contribution >= 0.6 is 23.2 Å². The Morgan fingerprint density at radius 2 is 1.68 bits per heavy atom. The molecule has 2 N–H and O–H groups in total. The fourth-order valence-corrected chi connectivity index (χ4v) is 4.52. The second kappa shape index (κ2) is 12.9. The normalized spacial score (nSPS) is 12.4. The number of ether oxygens (including phenoxy) is 1. The standard InChI is InChI=1S/C27H25Cl2N5O5S/c1-17(26(36)32-40(2)38)15-34-25(35)12-24(33(27(34)37)16-18-3-5-19(28)6-4-18)31-21-7-9-22(10-8-21)39-23-11-20(29)13-30-14-23/h3-14,17,31H,15-16H2,1-2H3,(H,32,36)/t17-,40?/m0/s1. The molecule has 40 heavy (non-hydrogen) atoms. The molecule has 0 bridgehead atoms. The van der Waals surface area contributed by atoms with E-state index >= 15 is 0 Å². The second-order valence-corrected chi connectivity index (χ2v) is 10.9. The molecule has 2 atom stereocenters. The molecule has 1 amide bonds. The molecular formula is C27H25Cl2N5O5S. The minimum atomic E-state index is -1.57. The number of nitrogens with one attached hydrogen (secondary N) is 2. The number of anilines is 2. The van der Waals surface area contributed by atoms with Gasteiger partial charge in [-0.2, -0.15) is 0 Å². The number of hydrogen-bond acceptors (Lipinski definition) is 7. The van der Waals surface area contributed by atoms with Gasteiger partial charge in [0, 0.05) is 41.8 Å². The Morgan fingerprint density at radius 3 is 2.33 bits per heavy atom. The van der Waals surface area contributed by atoms with Crippen LogP contribution in [0.4, 0.5) is 11.5 Å². The molecule has 2 aromatic heterocycles. The quantitative estimate of drug-likeness (QED) is 0.277. The van der Waals surface area contributed by atoms with Crippen molar-refractivity contribution in [1.82, 2.24) is 18.8 Å². The number of carbonyl (C=O) groups excluding carboxylic acids is 1. The van der Waals surface area contributed by atoms with Crippen LogP contribution in [0.15, 0.2) is 82.6 Å². The van der Waals surface area contributed by atoms with Gasteiger partial charge in [-0.05, 0) is 42.0 Å². The van der Waals surface area contributed by atoms with Crippen LogP contribution in [0.3, 0.4) is 0 Å². The van der Waals surface area contributed by atoms with Gasteiger partial charge in [0.2, 0.25) is 5.91 Å². The SMILES string of the molecule is C[C@@H](Cn1c(=O)cc(Nc2ccc(Oc3cncc(Cl)c3)cc2)n(Cc2ccc(Cl)cc2)c1=O)C(=O)NS(C)=O. The van der Waals surface area contributed by atoms with Gasteiger partial charge in [-0.25, -0.2) is 9.00 Å². The summed E-state index contributed by atoms with van der Waals surface area (Å²) in [7, 11) is -1.57. The predicted octanol–water partition coefficient (Wildman–Crippen LogP) is 4.34. The van der Waals surface area contributed by atoms with Crippen molar-refractivity contribution in [2.45, 2.75) is 20.0 Å². The molecule has 10 nitrogen and oxygen atoms in total. The molecule has 0 saturated heterocycles. The van der Waals surface area contributed by atoms with Gasteiger partial charge < -0.3 is 10.1 Å². The van der Waals surface area contributed by atoms with E-state index in [0.717, 1.165) is 10.1 Å². The third-order valence-corrected chi connectivity index (χ3v) is 6.67. The number of hydrogen-bond donors (Lipinski definition) is 2. The van der Waals surface area contributed by atoms with Crippen LogP contribution in [0.25, 0.3) is 0 Å². The minimum Gasteiger partial charge on any atom is -0.456 e. The minimum absolute atomic E-state index is 0.126. The molecule has 0 spiro atoms. The average molecular weight is 603 g/mol. The summed E-state index contributed by atoms with van der Waals surface area (Å²) in [5.74, 6) is -0.0555. The van der Waals surface area contributed by atoms with Crippen LogP contribution in [0.1, 0.15) is 12.5 Å². The zero-order valence-electron chi connectivity index (χ0n) is 21.5. The van der Waals surface area contributed by atoms with Crippen LogP contribution in [-0.4, -0.2) is 30.5 Å². The smallest absolute Gasteiger partial charge is 0.332 e. The van der Waals surface area contributed by atoms with Crippen LogP contribution < -0.4 is 26.0 Å². The lowest BCUT2D eigenvalue weighted by Gasteiger charge is -2.18. The van der Waals surface area contributed by atoms with Gasteiger partial charge in [0.15, 0.2) is 0 Å². The molecule has 0 radical (unpaired) electrons. The monoisotopic (exact) mass is 601 g/mol. The Hall–Kier alpha value is -3.93. The van der Waals surface area contributed by atoms with Crippen molar-refractivity contribution >= 4 is 51.6 Å². The fourth-order valence-electron chi connectivity index (χ4n) is 3.75. The molecule has 0 aliphatic heterocycles. The molecule has 2 aromatic carbocycles. The summed E-state index contributed by atoms with van der Waals surface area (Å²) >= 11 is 12.0. The number of carbonyl (C=O) groups is 1. The predicted molar refractivity (Wildman–Crippen MR) is 156 cm³/mol. The summed E-state index contributed by atoms with van der Waals surface area (Å²) < 4.78 is 21.8. The second-order valence-electron chi connectivity index (χ2n) is 8.89. The van der Waals surface area contributed by atoms with Gasteiger partial charge in [-0.15, -0.1) is 0 Å². The third kappa shape index (κ3) is 7.59. The van der Waals surface area contributed by atoms with E-state index in [9.17, 15) is 18.6 Å². The Bertz CT molecular complexity index is 1660. The molecule has 4 aromatic rings. The first-order valence-corrected chi connectivity index (χ1v) is 14.3. The molecule has 4 rings (SSSR count). The van der Waals surface area contributed by atoms with E-state index in [1.54, 1.807) is 61.5 Å². The summed E-state index contributed by atoms with van der Waals surface area (Å²) in [5, 5.41) is 4.12. The summed E-state index contributed by atoms with van der Waals surface area (Å²) in [5.41, 5.74) is 0.156. The van der Waals surface area contributed by atoms with Crippen molar-refractivity contribution in [1.29, 1.82) is 0 Å². The number of halogens is 2. The van der Waals surface area contributed by atoms with Crippen molar-refractivity contribution in [2.75, 3.05) is 11.6 Å². The molecule has 13 heteroatoms. The molecule has 208 valence electrons. The van der Waals surface area contributed by atoms with Gasteiger partial charge >= 0.3 is 5.69 Å². The molecule has 0 aliphatic rings. The Kier molecular flexibility index (Phi) is 9.41. The lowest BCUT2D eigenvalue weighted by atomic mass is 10.1. The third-order valence-electron chi connectivity index (χ3n) is 5.72. The van der Waals surface area contributed by atoms with Crippen LogP contribution in [0.2, 0.25) is 10.0 Å². The molecule has 0 fully saturated rings. The van der Waals surface area contributed by atoms with E-state index in [-0.39, 0.29) is 18.9 Å². The first-order valence-electron chi connectivity index (χ1n) is 12.0. The van der Waals surface area contributed by atoms with Crippen LogP contribution in [0, 0.1) is 5.92 Å². The lowest BCUT2D eigenvalue weighted by Crippen LogP contribution is -2.44. The van der Waals surface area contributed by atoms with Gasteiger partial charge in [-0.1, -0.05) is 42.3 Å². The molecule has 0 aliphatic carbocycles. The van der Waals surface area contributed by atoms with E-state index in [1.807, 2.05) is 0 Å². The summed E-state index contributed by atoms with van der Waals surface area (Å²) in [4.78, 5) is 42.9. The van der Waals surface area contributed by atoms with Gasteiger partial charge in [0.25, 0.3) is 5.56 Å². The van der Waals surface area contributed by atoms with E-state index in [1.165, 1.54) is 29.3 Å². The summed E-state index contributed by atoms with van der Waals surface area (Å²) in [6, 6.07) is 16.8. The van der Waals surface area contributed by atoms with E-state index in [2.05, 4.69) is 15.0 Å². The van der Waals surface area contributed by atoms with Crippen molar-refractivity contribution in [3.63, 3.8) is 0 Å². The Labute approximate surface area is 242 Å². The van der Waals surface area contributed by atoms with Gasteiger partial charge in [0.1, 0.15) is 28.3 Å². The summed E-state index contributed by atoms with van der Waals surface area (Å²) in [6.45, 7) is 1.49. The van der Waals surface area contributed by atoms with Crippen molar-refractivity contribution in [3.05, 3.63) is 110 Å². The highest BCUT2D eigenvalue weighted by molar-refractivity contribution is 7.82. The summed E-state index contributed by atoms with van der Waals surface area (Å²) in [6.07, 6.45) is 4.36. The first kappa shape index (κ1) is 29.1. The average Bonchev–Trinajstić information content (AvgIpc) is 2.90. The maximum Gasteiger partial charge on any atom is 0.332 e. The fraction of sp³-hybridized carbons (Fsp3) is 0.185.